The van der Waals surface area contributed by atoms with Crippen molar-refractivity contribution in [3.8, 4) is 5.75 Å². The number of Topliss-reactive ketones (excluding diaryl/α,β-unsaturated/α-hetero) is 1. The Morgan fingerprint density at radius 2 is 1.68 bits per heavy atom. The predicted octanol–water partition coefficient (Wildman–Crippen LogP) is 3.06. The van der Waals surface area contributed by atoms with Gasteiger partial charge in [0.15, 0.2) is 5.78 Å². The molecule has 0 radical (unpaired) electrons. The molecular formula is C15H18O4. The fourth-order valence-electron chi connectivity index (χ4n) is 2.47. The Hall–Kier alpha value is -1.84. The Morgan fingerprint density at radius 3 is 2.16 bits per heavy atom. The molecular weight excluding hydrogens is 244 g/mol. The van der Waals surface area contributed by atoms with Gasteiger partial charge in [0, 0.05) is 5.56 Å². The molecule has 1 N–H and O–H groups in total. The average molecular weight is 262 g/mol. The molecule has 0 atom stereocenters. The largest absolute Gasteiger partial charge is 0.478 e. The highest BCUT2D eigenvalue weighted by Crippen LogP contribution is 2.33. The number of hydrogen-bond acceptors (Lipinski definition) is 3. The molecule has 1 fully saturated rings. The molecule has 0 saturated heterocycles. The number of carbonyl (C=O) groups is 2. The van der Waals surface area contributed by atoms with Gasteiger partial charge in [-0.15, -0.1) is 0 Å². The first kappa shape index (κ1) is 13.6. The molecule has 1 aromatic carbocycles. The Labute approximate surface area is 112 Å². The van der Waals surface area contributed by atoms with Crippen LogP contribution >= 0.6 is 0 Å². The second-order valence-corrected chi connectivity index (χ2v) is 5.04. The van der Waals surface area contributed by atoms with Crippen molar-refractivity contribution in [1.82, 2.24) is 0 Å². The number of ether oxygens (including phenoxy) is 1. The molecule has 0 amide bonds. The van der Waals surface area contributed by atoms with Crippen LogP contribution in [0.1, 0.15) is 49.4 Å². The fourth-order valence-corrected chi connectivity index (χ4v) is 2.47. The van der Waals surface area contributed by atoms with Crippen molar-refractivity contribution in [3.63, 3.8) is 0 Å². The predicted molar refractivity (Wildman–Crippen MR) is 70.5 cm³/mol. The van der Waals surface area contributed by atoms with Crippen molar-refractivity contribution < 1.29 is 19.4 Å². The third-order valence-corrected chi connectivity index (χ3v) is 3.63. The lowest BCUT2D eigenvalue weighted by atomic mass is 9.84. The second kappa shape index (κ2) is 5.43. The smallest absolute Gasteiger partial charge is 0.348 e. The topological polar surface area (TPSA) is 63.6 Å². The minimum Gasteiger partial charge on any atom is -0.478 e. The molecule has 0 heterocycles. The lowest BCUT2D eigenvalue weighted by Crippen LogP contribution is -2.46. The summed E-state index contributed by atoms with van der Waals surface area (Å²) in [6.07, 6.45) is 3.88. The number of ketones is 1. The van der Waals surface area contributed by atoms with E-state index < -0.39 is 11.6 Å². The summed E-state index contributed by atoms with van der Waals surface area (Å²) in [4.78, 5) is 22.7. The number of benzene rings is 1. The number of rotatable bonds is 4. The Morgan fingerprint density at radius 1 is 1.11 bits per heavy atom. The number of aliphatic carboxylic acids is 1. The minimum atomic E-state index is -1.10. The lowest BCUT2D eigenvalue weighted by molar-refractivity contribution is -0.158. The molecule has 4 heteroatoms. The summed E-state index contributed by atoms with van der Waals surface area (Å²) in [5.41, 5.74) is -0.504. The van der Waals surface area contributed by atoms with Gasteiger partial charge in [-0.05, 0) is 56.9 Å². The van der Waals surface area contributed by atoms with Crippen LogP contribution < -0.4 is 4.74 Å². The van der Waals surface area contributed by atoms with E-state index in [0.29, 0.717) is 24.2 Å². The third kappa shape index (κ3) is 2.95. The lowest BCUT2D eigenvalue weighted by Gasteiger charge is -2.33. The second-order valence-electron chi connectivity index (χ2n) is 5.04. The van der Waals surface area contributed by atoms with Crippen LogP contribution in [0.4, 0.5) is 0 Å². The zero-order valence-electron chi connectivity index (χ0n) is 11.0. The van der Waals surface area contributed by atoms with Crippen molar-refractivity contribution in [2.45, 2.75) is 44.6 Å². The molecule has 1 aliphatic rings. The first-order chi connectivity index (χ1) is 9.03. The van der Waals surface area contributed by atoms with E-state index in [9.17, 15) is 14.7 Å². The van der Waals surface area contributed by atoms with Gasteiger partial charge < -0.3 is 9.84 Å². The molecule has 4 nitrogen and oxygen atoms in total. The molecule has 0 spiro atoms. The number of carboxylic acids is 1. The fraction of sp³-hybridized carbons (Fsp3) is 0.467. The van der Waals surface area contributed by atoms with E-state index in [1.54, 1.807) is 24.3 Å². The monoisotopic (exact) mass is 262 g/mol. The van der Waals surface area contributed by atoms with Crippen molar-refractivity contribution in [2.75, 3.05) is 0 Å². The Balaban J connectivity index is 2.17. The van der Waals surface area contributed by atoms with Gasteiger partial charge in [0.1, 0.15) is 5.75 Å². The van der Waals surface area contributed by atoms with Crippen molar-refractivity contribution in [2.24, 2.45) is 0 Å². The van der Waals surface area contributed by atoms with Gasteiger partial charge in [0.2, 0.25) is 5.60 Å². The average Bonchev–Trinajstić information content (AvgIpc) is 2.40. The molecule has 0 aliphatic heterocycles. The zero-order chi connectivity index (χ0) is 13.9. The number of hydrogen-bond donors (Lipinski definition) is 1. The van der Waals surface area contributed by atoms with E-state index in [0.717, 1.165) is 19.3 Å². The molecule has 19 heavy (non-hydrogen) atoms. The van der Waals surface area contributed by atoms with E-state index in [2.05, 4.69) is 0 Å². The van der Waals surface area contributed by atoms with E-state index >= 15 is 0 Å². The zero-order valence-corrected chi connectivity index (χ0v) is 11.0. The van der Waals surface area contributed by atoms with E-state index in [1.165, 1.54) is 6.92 Å². The standard InChI is InChI=1S/C15H18O4/c1-11(16)12-5-7-13(8-6-12)19-15(14(17)18)9-3-2-4-10-15/h5-8H,2-4,9-10H2,1H3,(H,17,18). The van der Waals surface area contributed by atoms with Crippen LogP contribution in [0.5, 0.6) is 5.75 Å². The summed E-state index contributed by atoms with van der Waals surface area (Å²) in [5.74, 6) is -0.408. The van der Waals surface area contributed by atoms with Crippen molar-refractivity contribution in [3.05, 3.63) is 29.8 Å². The molecule has 2 rings (SSSR count). The van der Waals surface area contributed by atoms with Crippen LogP contribution in [-0.2, 0) is 4.79 Å². The van der Waals surface area contributed by atoms with Crippen LogP contribution in [0.25, 0.3) is 0 Å². The third-order valence-electron chi connectivity index (χ3n) is 3.63. The molecule has 1 aromatic rings. The van der Waals surface area contributed by atoms with Gasteiger partial charge in [-0.25, -0.2) is 4.79 Å². The van der Waals surface area contributed by atoms with Crippen LogP contribution in [0.2, 0.25) is 0 Å². The van der Waals surface area contributed by atoms with Gasteiger partial charge in [-0.2, -0.15) is 0 Å². The highest BCUT2D eigenvalue weighted by atomic mass is 16.5. The number of carboxylic acid groups (broad SMARTS) is 1. The van der Waals surface area contributed by atoms with Gasteiger partial charge in [0.25, 0.3) is 0 Å². The Kier molecular flexibility index (Phi) is 3.88. The Bertz CT molecular complexity index is 469. The molecule has 0 bridgehead atoms. The SMILES string of the molecule is CC(=O)c1ccc(OC2(C(=O)O)CCCCC2)cc1. The van der Waals surface area contributed by atoms with Crippen LogP contribution in [-0.4, -0.2) is 22.5 Å². The van der Waals surface area contributed by atoms with Gasteiger partial charge in [0.05, 0.1) is 0 Å². The molecule has 102 valence electrons. The van der Waals surface area contributed by atoms with E-state index in [1.807, 2.05) is 0 Å². The van der Waals surface area contributed by atoms with Crippen LogP contribution in [0.3, 0.4) is 0 Å². The highest BCUT2D eigenvalue weighted by molar-refractivity contribution is 5.94. The quantitative estimate of drug-likeness (QED) is 0.847. The molecule has 0 aromatic heterocycles. The normalized spacial score (nSPS) is 17.7. The van der Waals surface area contributed by atoms with E-state index in [-0.39, 0.29) is 5.78 Å². The van der Waals surface area contributed by atoms with Crippen molar-refractivity contribution >= 4 is 11.8 Å². The van der Waals surface area contributed by atoms with Gasteiger partial charge >= 0.3 is 5.97 Å². The summed E-state index contributed by atoms with van der Waals surface area (Å²) in [7, 11) is 0. The summed E-state index contributed by atoms with van der Waals surface area (Å²) >= 11 is 0. The molecule has 0 unspecified atom stereocenters. The summed E-state index contributed by atoms with van der Waals surface area (Å²) in [6, 6.07) is 6.65. The molecule has 1 saturated carbocycles. The van der Waals surface area contributed by atoms with E-state index in [4.69, 9.17) is 4.74 Å². The summed E-state index contributed by atoms with van der Waals surface area (Å²) in [6.45, 7) is 1.50. The van der Waals surface area contributed by atoms with Gasteiger partial charge in [-0.3, -0.25) is 4.79 Å². The minimum absolute atomic E-state index is 0.0165. The number of carbonyl (C=O) groups excluding carboxylic acids is 1. The van der Waals surface area contributed by atoms with Crippen molar-refractivity contribution in [1.29, 1.82) is 0 Å². The highest BCUT2D eigenvalue weighted by Gasteiger charge is 2.42. The maximum absolute atomic E-state index is 11.5. The summed E-state index contributed by atoms with van der Waals surface area (Å²) < 4.78 is 5.73. The van der Waals surface area contributed by atoms with Crippen LogP contribution in [0, 0.1) is 0 Å². The first-order valence-corrected chi connectivity index (χ1v) is 6.57. The van der Waals surface area contributed by atoms with Gasteiger partial charge in [-0.1, -0.05) is 6.42 Å². The maximum Gasteiger partial charge on any atom is 0.348 e. The maximum atomic E-state index is 11.5. The van der Waals surface area contributed by atoms with Crippen LogP contribution in [0.15, 0.2) is 24.3 Å². The summed E-state index contributed by atoms with van der Waals surface area (Å²) in [5, 5.41) is 9.41. The first-order valence-electron chi connectivity index (χ1n) is 6.57. The molecule has 1 aliphatic carbocycles.